The van der Waals surface area contributed by atoms with Crippen LogP contribution in [0.25, 0.3) is 0 Å². The Morgan fingerprint density at radius 2 is 1.80 bits per heavy atom. The van der Waals surface area contributed by atoms with Crippen LogP contribution in [0.3, 0.4) is 0 Å². The van der Waals surface area contributed by atoms with Crippen molar-refractivity contribution in [3.05, 3.63) is 35.1 Å². The van der Waals surface area contributed by atoms with E-state index in [1.54, 1.807) is 0 Å². The Morgan fingerprint density at radius 3 is 2.40 bits per heavy atom. The number of nitrogens with one attached hydrogen (secondary N) is 1. The normalized spacial score (nSPS) is 22.6. The Hall–Kier alpha value is -1.56. The first-order valence-corrected chi connectivity index (χ1v) is 6.59. The Bertz CT molecular complexity index is 484. The smallest absolute Gasteiger partial charge is 0.257 e. The molecule has 0 heterocycles. The monoisotopic (exact) mass is 287 g/mol. The fraction of sp³-hybridized carbons (Fsp3) is 0.500. The summed E-state index contributed by atoms with van der Waals surface area (Å²) in [6.45, 7) is -0.0840. The standard InChI is InChI=1S/C14H16F3NO2/c15-9-5-10(16)13(11(17)6-9)14(20)18-12-4-2-1-3-8(12)7-19/h5-6,8,12,19H,1-4,7H2,(H,18,20). The van der Waals surface area contributed by atoms with Gasteiger partial charge in [0.1, 0.15) is 23.0 Å². The molecule has 2 atom stereocenters. The van der Waals surface area contributed by atoms with Gasteiger partial charge in [0.2, 0.25) is 0 Å². The van der Waals surface area contributed by atoms with E-state index in [4.69, 9.17) is 0 Å². The van der Waals surface area contributed by atoms with Crippen molar-refractivity contribution in [2.45, 2.75) is 31.7 Å². The molecule has 20 heavy (non-hydrogen) atoms. The minimum Gasteiger partial charge on any atom is -0.396 e. The molecule has 6 heteroatoms. The zero-order valence-corrected chi connectivity index (χ0v) is 10.8. The second-order valence-corrected chi connectivity index (χ2v) is 5.05. The van der Waals surface area contributed by atoms with Gasteiger partial charge in [0, 0.05) is 30.7 Å². The third kappa shape index (κ3) is 3.12. The van der Waals surface area contributed by atoms with Crippen molar-refractivity contribution in [2.24, 2.45) is 5.92 Å². The molecule has 3 nitrogen and oxygen atoms in total. The number of aliphatic hydroxyl groups is 1. The molecular weight excluding hydrogens is 271 g/mol. The van der Waals surface area contributed by atoms with E-state index in [1.807, 2.05) is 0 Å². The molecule has 1 aromatic carbocycles. The molecule has 0 aliphatic heterocycles. The number of carbonyl (C=O) groups excluding carboxylic acids is 1. The summed E-state index contributed by atoms with van der Waals surface area (Å²) in [5, 5.41) is 11.8. The average Bonchev–Trinajstić information content (AvgIpc) is 2.38. The Morgan fingerprint density at radius 1 is 1.20 bits per heavy atom. The van der Waals surface area contributed by atoms with Crippen LogP contribution in [0, 0.1) is 23.4 Å². The largest absolute Gasteiger partial charge is 0.396 e. The van der Waals surface area contributed by atoms with E-state index in [0.717, 1.165) is 19.3 Å². The van der Waals surface area contributed by atoms with Crippen LogP contribution in [-0.4, -0.2) is 23.7 Å². The first-order valence-electron chi connectivity index (χ1n) is 6.59. The van der Waals surface area contributed by atoms with Crippen molar-refractivity contribution < 1.29 is 23.1 Å². The Labute approximate surface area is 114 Å². The van der Waals surface area contributed by atoms with E-state index in [0.29, 0.717) is 18.6 Å². The highest BCUT2D eigenvalue weighted by atomic mass is 19.1. The van der Waals surface area contributed by atoms with Crippen molar-refractivity contribution in [1.82, 2.24) is 5.32 Å². The summed E-state index contributed by atoms with van der Waals surface area (Å²) in [6, 6.07) is 0.634. The van der Waals surface area contributed by atoms with Crippen LogP contribution in [0.5, 0.6) is 0 Å². The van der Waals surface area contributed by atoms with Crippen molar-refractivity contribution in [1.29, 1.82) is 0 Å². The molecule has 1 saturated carbocycles. The summed E-state index contributed by atoms with van der Waals surface area (Å²) in [7, 11) is 0. The van der Waals surface area contributed by atoms with Crippen LogP contribution in [0.4, 0.5) is 13.2 Å². The highest BCUT2D eigenvalue weighted by Gasteiger charge is 2.28. The molecule has 0 aromatic heterocycles. The summed E-state index contributed by atoms with van der Waals surface area (Å²) in [4.78, 5) is 11.9. The van der Waals surface area contributed by atoms with Gasteiger partial charge in [-0.05, 0) is 12.8 Å². The lowest BCUT2D eigenvalue weighted by Crippen LogP contribution is -2.44. The van der Waals surface area contributed by atoms with Gasteiger partial charge in [-0.3, -0.25) is 4.79 Å². The highest BCUT2D eigenvalue weighted by molar-refractivity contribution is 5.95. The van der Waals surface area contributed by atoms with Crippen LogP contribution in [0.1, 0.15) is 36.0 Å². The first kappa shape index (κ1) is 14.8. The van der Waals surface area contributed by atoms with Crippen molar-refractivity contribution in [3.63, 3.8) is 0 Å². The lowest BCUT2D eigenvalue weighted by Gasteiger charge is -2.30. The predicted molar refractivity (Wildman–Crippen MR) is 66.6 cm³/mol. The summed E-state index contributed by atoms with van der Waals surface area (Å²) < 4.78 is 39.8. The van der Waals surface area contributed by atoms with Crippen molar-refractivity contribution in [2.75, 3.05) is 6.61 Å². The number of hydrogen-bond donors (Lipinski definition) is 2. The predicted octanol–water partition coefficient (Wildman–Crippen LogP) is 2.38. The minimum absolute atomic E-state index is 0.0840. The maximum absolute atomic E-state index is 13.5. The second kappa shape index (κ2) is 6.26. The summed E-state index contributed by atoms with van der Waals surface area (Å²) in [6.07, 6.45) is 3.25. The van der Waals surface area contributed by atoms with Gasteiger partial charge in [0.05, 0.1) is 0 Å². The molecule has 1 aliphatic carbocycles. The molecule has 2 unspecified atom stereocenters. The molecule has 2 rings (SSSR count). The number of halogens is 3. The van der Waals surface area contributed by atoms with Gasteiger partial charge in [0.25, 0.3) is 5.91 Å². The number of amides is 1. The number of aliphatic hydroxyl groups excluding tert-OH is 1. The van der Waals surface area contributed by atoms with Gasteiger partial charge >= 0.3 is 0 Å². The molecule has 1 aromatic rings. The van der Waals surface area contributed by atoms with Crippen LogP contribution in [0.15, 0.2) is 12.1 Å². The molecule has 0 saturated heterocycles. The lowest BCUT2D eigenvalue weighted by atomic mass is 9.85. The molecular formula is C14H16F3NO2. The zero-order valence-electron chi connectivity index (χ0n) is 10.8. The quantitative estimate of drug-likeness (QED) is 0.896. The SMILES string of the molecule is O=C(NC1CCCCC1CO)c1c(F)cc(F)cc1F. The summed E-state index contributed by atoms with van der Waals surface area (Å²) in [5.41, 5.74) is -0.784. The molecule has 1 fully saturated rings. The molecule has 1 amide bonds. The van der Waals surface area contributed by atoms with Crippen LogP contribution in [-0.2, 0) is 0 Å². The van der Waals surface area contributed by atoms with E-state index in [-0.39, 0.29) is 18.6 Å². The molecule has 0 bridgehead atoms. The Balaban J connectivity index is 2.16. The van der Waals surface area contributed by atoms with Gasteiger partial charge in [-0.25, -0.2) is 13.2 Å². The van der Waals surface area contributed by atoms with Crippen molar-refractivity contribution in [3.8, 4) is 0 Å². The highest BCUT2D eigenvalue weighted by Crippen LogP contribution is 2.25. The average molecular weight is 287 g/mol. The second-order valence-electron chi connectivity index (χ2n) is 5.05. The first-order chi connectivity index (χ1) is 9.52. The fourth-order valence-corrected chi connectivity index (χ4v) is 2.62. The van der Waals surface area contributed by atoms with E-state index in [9.17, 15) is 23.1 Å². The summed E-state index contributed by atoms with van der Waals surface area (Å²) in [5.74, 6) is -4.54. The van der Waals surface area contributed by atoms with E-state index in [1.165, 1.54) is 0 Å². The molecule has 0 spiro atoms. The van der Waals surface area contributed by atoms with Gasteiger partial charge in [-0.15, -0.1) is 0 Å². The van der Waals surface area contributed by atoms with Crippen LogP contribution < -0.4 is 5.32 Å². The maximum atomic E-state index is 13.5. The fourth-order valence-electron chi connectivity index (χ4n) is 2.62. The minimum atomic E-state index is -1.23. The molecule has 0 radical (unpaired) electrons. The van der Waals surface area contributed by atoms with Crippen LogP contribution >= 0.6 is 0 Å². The topological polar surface area (TPSA) is 49.3 Å². The molecule has 1 aliphatic rings. The van der Waals surface area contributed by atoms with Gasteiger partial charge < -0.3 is 10.4 Å². The third-order valence-electron chi connectivity index (χ3n) is 3.69. The van der Waals surface area contributed by atoms with E-state index >= 15 is 0 Å². The van der Waals surface area contributed by atoms with Gasteiger partial charge in [-0.1, -0.05) is 12.8 Å². The number of carbonyl (C=O) groups is 1. The third-order valence-corrected chi connectivity index (χ3v) is 3.69. The van der Waals surface area contributed by atoms with Gasteiger partial charge in [0.15, 0.2) is 0 Å². The number of benzene rings is 1. The van der Waals surface area contributed by atoms with E-state index in [2.05, 4.69) is 5.32 Å². The van der Waals surface area contributed by atoms with Crippen molar-refractivity contribution >= 4 is 5.91 Å². The Kier molecular flexibility index (Phi) is 4.65. The molecule has 110 valence electrons. The number of hydrogen-bond acceptors (Lipinski definition) is 2. The molecule has 2 N–H and O–H groups in total. The van der Waals surface area contributed by atoms with Gasteiger partial charge in [-0.2, -0.15) is 0 Å². The lowest BCUT2D eigenvalue weighted by molar-refractivity contribution is 0.0864. The summed E-state index contributed by atoms with van der Waals surface area (Å²) >= 11 is 0. The van der Waals surface area contributed by atoms with Crippen LogP contribution in [0.2, 0.25) is 0 Å². The maximum Gasteiger partial charge on any atom is 0.257 e. The van der Waals surface area contributed by atoms with E-state index < -0.39 is 28.9 Å². The zero-order chi connectivity index (χ0) is 14.7. The number of rotatable bonds is 3.